The van der Waals surface area contributed by atoms with Gasteiger partial charge in [0.1, 0.15) is 0 Å². The van der Waals surface area contributed by atoms with E-state index in [2.05, 4.69) is 5.43 Å². The lowest BCUT2D eigenvalue weighted by atomic mass is 9.93. The maximum Gasteiger partial charge on any atom is 0.309 e. The Kier molecular flexibility index (Phi) is 3.76. The van der Waals surface area contributed by atoms with Gasteiger partial charge in [-0.05, 0) is 26.2 Å². The van der Waals surface area contributed by atoms with Crippen molar-refractivity contribution in [2.45, 2.75) is 26.2 Å². The number of carbonyl (C=O) groups excluding carboxylic acids is 1. The predicted octanol–water partition coefficient (Wildman–Crippen LogP) is 0.697. The monoisotopic (exact) mass is 184 g/mol. The highest BCUT2D eigenvalue weighted by atomic mass is 16.5. The Hall–Kier alpha value is -1.03. The zero-order valence-corrected chi connectivity index (χ0v) is 7.88. The molecule has 13 heavy (non-hydrogen) atoms. The quantitative estimate of drug-likeness (QED) is 0.385. The first-order chi connectivity index (χ1) is 6.27. The van der Waals surface area contributed by atoms with Crippen LogP contribution in [0, 0.1) is 5.92 Å². The van der Waals surface area contributed by atoms with Crippen molar-refractivity contribution in [2.75, 3.05) is 6.61 Å². The summed E-state index contributed by atoms with van der Waals surface area (Å²) in [5.41, 5.74) is 3.62. The third-order valence-electron chi connectivity index (χ3n) is 2.22. The Balaban J connectivity index is 2.40. The van der Waals surface area contributed by atoms with Crippen LogP contribution >= 0.6 is 0 Å². The van der Waals surface area contributed by atoms with E-state index in [1.54, 1.807) is 0 Å². The van der Waals surface area contributed by atoms with E-state index < -0.39 is 0 Å². The van der Waals surface area contributed by atoms with Crippen LogP contribution in [0.4, 0.5) is 0 Å². The van der Waals surface area contributed by atoms with Crippen LogP contribution in [0.15, 0.2) is 11.8 Å². The Labute approximate surface area is 78.1 Å². The number of hydrazine groups is 1. The number of esters is 1. The first kappa shape index (κ1) is 10.1. The SMILES string of the molecule is CCOC(=O)C1CC=C(NN)CC1. The molecule has 0 saturated heterocycles. The molecule has 0 heterocycles. The normalized spacial score (nSPS) is 22.0. The third-order valence-corrected chi connectivity index (χ3v) is 2.22. The summed E-state index contributed by atoms with van der Waals surface area (Å²) in [6.07, 6.45) is 4.36. The lowest BCUT2D eigenvalue weighted by Crippen LogP contribution is -2.26. The molecule has 1 atom stereocenters. The first-order valence-corrected chi connectivity index (χ1v) is 4.60. The van der Waals surface area contributed by atoms with Crippen LogP contribution in [-0.2, 0) is 9.53 Å². The number of hydrogen-bond donors (Lipinski definition) is 2. The standard InChI is InChI=1S/C9H16N2O2/c1-2-13-9(12)7-3-5-8(11-10)6-4-7/h5,7,11H,2-4,6,10H2,1H3. The number of nitrogens with one attached hydrogen (secondary N) is 1. The summed E-state index contributed by atoms with van der Waals surface area (Å²) in [7, 11) is 0. The Morgan fingerprint density at radius 2 is 2.62 bits per heavy atom. The largest absolute Gasteiger partial charge is 0.466 e. The summed E-state index contributed by atoms with van der Waals surface area (Å²) >= 11 is 0. The first-order valence-electron chi connectivity index (χ1n) is 4.60. The van der Waals surface area contributed by atoms with Crippen LogP contribution < -0.4 is 11.3 Å². The van der Waals surface area contributed by atoms with Gasteiger partial charge in [-0.25, -0.2) is 0 Å². The number of allylic oxidation sites excluding steroid dienone is 2. The van der Waals surface area contributed by atoms with E-state index in [0.717, 1.165) is 25.0 Å². The molecule has 0 amide bonds. The van der Waals surface area contributed by atoms with Gasteiger partial charge in [0, 0.05) is 5.70 Å². The maximum absolute atomic E-state index is 11.3. The molecule has 0 saturated carbocycles. The number of rotatable bonds is 3. The molecule has 0 bridgehead atoms. The lowest BCUT2D eigenvalue weighted by molar-refractivity contribution is -0.148. The van der Waals surface area contributed by atoms with Crippen molar-refractivity contribution in [1.82, 2.24) is 5.43 Å². The summed E-state index contributed by atoms with van der Waals surface area (Å²) in [5, 5.41) is 0. The summed E-state index contributed by atoms with van der Waals surface area (Å²) in [6, 6.07) is 0. The van der Waals surface area contributed by atoms with Crippen molar-refractivity contribution in [3.05, 3.63) is 11.8 Å². The Morgan fingerprint density at radius 3 is 3.08 bits per heavy atom. The van der Waals surface area contributed by atoms with E-state index in [-0.39, 0.29) is 11.9 Å². The summed E-state index contributed by atoms with van der Waals surface area (Å²) in [4.78, 5) is 11.3. The van der Waals surface area contributed by atoms with E-state index in [1.165, 1.54) is 0 Å². The molecule has 0 aliphatic heterocycles. The molecule has 1 aliphatic carbocycles. The molecular weight excluding hydrogens is 168 g/mol. The fraction of sp³-hybridized carbons (Fsp3) is 0.667. The summed E-state index contributed by atoms with van der Waals surface area (Å²) in [6.45, 7) is 2.28. The molecule has 0 fully saturated rings. The highest BCUT2D eigenvalue weighted by Crippen LogP contribution is 2.22. The van der Waals surface area contributed by atoms with E-state index in [4.69, 9.17) is 10.6 Å². The molecule has 1 aliphatic rings. The smallest absolute Gasteiger partial charge is 0.309 e. The van der Waals surface area contributed by atoms with Crippen LogP contribution in [0.5, 0.6) is 0 Å². The van der Waals surface area contributed by atoms with Gasteiger partial charge < -0.3 is 10.2 Å². The van der Waals surface area contributed by atoms with Crippen molar-refractivity contribution in [3.8, 4) is 0 Å². The average Bonchev–Trinajstić information content (AvgIpc) is 2.18. The molecule has 4 heteroatoms. The molecule has 3 N–H and O–H groups in total. The van der Waals surface area contributed by atoms with Gasteiger partial charge in [0.25, 0.3) is 0 Å². The molecule has 4 nitrogen and oxygen atoms in total. The Morgan fingerprint density at radius 1 is 1.85 bits per heavy atom. The average molecular weight is 184 g/mol. The zero-order chi connectivity index (χ0) is 9.68. The van der Waals surface area contributed by atoms with E-state index in [0.29, 0.717) is 6.61 Å². The van der Waals surface area contributed by atoms with E-state index in [9.17, 15) is 4.79 Å². The van der Waals surface area contributed by atoms with Gasteiger partial charge >= 0.3 is 5.97 Å². The van der Waals surface area contributed by atoms with Crippen LogP contribution in [0.3, 0.4) is 0 Å². The molecule has 1 rings (SSSR count). The van der Waals surface area contributed by atoms with Crippen LogP contribution in [0.25, 0.3) is 0 Å². The summed E-state index contributed by atoms with van der Waals surface area (Å²) in [5.74, 6) is 5.19. The second-order valence-corrected chi connectivity index (χ2v) is 3.10. The van der Waals surface area contributed by atoms with Gasteiger partial charge in [-0.1, -0.05) is 6.08 Å². The van der Waals surface area contributed by atoms with Crippen LogP contribution in [-0.4, -0.2) is 12.6 Å². The maximum atomic E-state index is 11.3. The van der Waals surface area contributed by atoms with Crippen LogP contribution in [0.2, 0.25) is 0 Å². The minimum atomic E-state index is -0.0881. The van der Waals surface area contributed by atoms with Gasteiger partial charge in [-0.15, -0.1) is 0 Å². The molecule has 0 spiro atoms. The molecule has 0 radical (unpaired) electrons. The van der Waals surface area contributed by atoms with Gasteiger partial charge in [0.15, 0.2) is 0 Å². The van der Waals surface area contributed by atoms with Gasteiger partial charge in [0.2, 0.25) is 0 Å². The van der Waals surface area contributed by atoms with Gasteiger partial charge in [0.05, 0.1) is 12.5 Å². The molecule has 0 aromatic rings. The van der Waals surface area contributed by atoms with Crippen molar-refractivity contribution in [3.63, 3.8) is 0 Å². The fourth-order valence-electron chi connectivity index (χ4n) is 1.44. The molecule has 1 unspecified atom stereocenters. The molecule has 74 valence electrons. The number of carbonyl (C=O) groups is 1. The van der Waals surface area contributed by atoms with Crippen molar-refractivity contribution >= 4 is 5.97 Å². The van der Waals surface area contributed by atoms with Crippen molar-refractivity contribution in [1.29, 1.82) is 0 Å². The number of ether oxygens (including phenoxy) is 1. The second kappa shape index (κ2) is 4.87. The Bertz CT molecular complexity index is 214. The van der Waals surface area contributed by atoms with E-state index in [1.807, 2.05) is 13.0 Å². The lowest BCUT2D eigenvalue weighted by Gasteiger charge is -2.19. The molecule has 0 aromatic carbocycles. The fourth-order valence-corrected chi connectivity index (χ4v) is 1.44. The number of nitrogens with two attached hydrogens (primary N) is 1. The molecular formula is C9H16N2O2. The number of hydrogen-bond acceptors (Lipinski definition) is 4. The minimum absolute atomic E-state index is 0.0250. The van der Waals surface area contributed by atoms with Crippen LogP contribution in [0.1, 0.15) is 26.2 Å². The second-order valence-electron chi connectivity index (χ2n) is 3.10. The highest BCUT2D eigenvalue weighted by molar-refractivity contribution is 5.72. The highest BCUT2D eigenvalue weighted by Gasteiger charge is 2.21. The van der Waals surface area contributed by atoms with Crippen molar-refractivity contribution < 1.29 is 9.53 Å². The zero-order valence-electron chi connectivity index (χ0n) is 7.88. The minimum Gasteiger partial charge on any atom is -0.466 e. The summed E-state index contributed by atoms with van der Waals surface area (Å²) < 4.78 is 4.93. The predicted molar refractivity (Wildman–Crippen MR) is 49.4 cm³/mol. The van der Waals surface area contributed by atoms with E-state index >= 15 is 0 Å². The van der Waals surface area contributed by atoms with Crippen molar-refractivity contribution in [2.24, 2.45) is 11.8 Å². The topological polar surface area (TPSA) is 64.3 Å². The van der Waals surface area contributed by atoms with Gasteiger partial charge in [-0.2, -0.15) is 0 Å². The van der Waals surface area contributed by atoms with Gasteiger partial charge in [-0.3, -0.25) is 10.6 Å². The molecule has 0 aromatic heterocycles. The third kappa shape index (κ3) is 2.73.